The van der Waals surface area contributed by atoms with Crippen LogP contribution in [0.4, 0.5) is 5.69 Å². The number of fused-ring (bicyclic) bond motifs is 1. The van der Waals surface area contributed by atoms with E-state index in [4.69, 9.17) is 0 Å². The van der Waals surface area contributed by atoms with Gasteiger partial charge in [-0.3, -0.25) is 4.79 Å². The molecule has 28 heavy (non-hydrogen) atoms. The highest BCUT2D eigenvalue weighted by Crippen LogP contribution is 2.42. The van der Waals surface area contributed by atoms with Crippen LogP contribution >= 0.6 is 0 Å². The van der Waals surface area contributed by atoms with E-state index in [1.165, 1.54) is 31.2 Å². The predicted octanol–water partition coefficient (Wildman–Crippen LogP) is 4.30. The monoisotopic (exact) mass is 372 g/mol. The first-order chi connectivity index (χ1) is 13.7. The van der Waals surface area contributed by atoms with Gasteiger partial charge in [-0.05, 0) is 48.1 Å². The lowest BCUT2D eigenvalue weighted by Gasteiger charge is -2.25. The van der Waals surface area contributed by atoms with Crippen LogP contribution in [0.5, 0.6) is 0 Å². The van der Waals surface area contributed by atoms with Gasteiger partial charge in [-0.15, -0.1) is 10.2 Å². The molecule has 0 saturated heterocycles. The quantitative estimate of drug-likeness (QED) is 0.686. The SMILES string of the molecule is Cn1cnnc1C(c1cccc(N2Cc3ccccc3C2=O)c1)C1CCCC1. The van der Waals surface area contributed by atoms with Gasteiger partial charge in [0.2, 0.25) is 0 Å². The van der Waals surface area contributed by atoms with Gasteiger partial charge in [-0.2, -0.15) is 0 Å². The number of aryl methyl sites for hydroxylation is 1. The molecule has 5 rings (SSSR count). The Balaban J connectivity index is 1.53. The molecule has 0 N–H and O–H groups in total. The topological polar surface area (TPSA) is 51.0 Å². The Morgan fingerprint density at radius 1 is 1.07 bits per heavy atom. The first kappa shape index (κ1) is 17.2. The molecular formula is C23H24N4O. The van der Waals surface area contributed by atoms with Gasteiger partial charge in [0.1, 0.15) is 12.2 Å². The van der Waals surface area contributed by atoms with Crippen molar-refractivity contribution < 1.29 is 4.79 Å². The van der Waals surface area contributed by atoms with Crippen LogP contribution in [0, 0.1) is 5.92 Å². The molecule has 1 fully saturated rings. The van der Waals surface area contributed by atoms with Crippen LogP contribution in [-0.2, 0) is 13.6 Å². The summed E-state index contributed by atoms with van der Waals surface area (Å²) in [5.41, 5.74) is 4.10. The maximum absolute atomic E-state index is 12.9. The third kappa shape index (κ3) is 2.82. The first-order valence-corrected chi connectivity index (χ1v) is 10.1. The number of amides is 1. The van der Waals surface area contributed by atoms with Crippen LogP contribution in [-0.4, -0.2) is 20.7 Å². The van der Waals surface area contributed by atoms with E-state index in [2.05, 4.69) is 28.4 Å². The lowest BCUT2D eigenvalue weighted by Crippen LogP contribution is -2.23. The average Bonchev–Trinajstić information content (AvgIpc) is 3.45. The second-order valence-electron chi connectivity index (χ2n) is 7.97. The highest BCUT2D eigenvalue weighted by Gasteiger charge is 2.32. The van der Waals surface area contributed by atoms with E-state index in [0.717, 1.165) is 22.6 Å². The number of carbonyl (C=O) groups is 1. The summed E-state index contributed by atoms with van der Waals surface area (Å²) in [5.74, 6) is 1.89. The summed E-state index contributed by atoms with van der Waals surface area (Å²) in [5, 5.41) is 8.57. The molecule has 1 unspecified atom stereocenters. The van der Waals surface area contributed by atoms with Crippen molar-refractivity contribution in [1.29, 1.82) is 0 Å². The summed E-state index contributed by atoms with van der Waals surface area (Å²) in [4.78, 5) is 14.8. The number of hydrogen-bond donors (Lipinski definition) is 0. The largest absolute Gasteiger partial charge is 0.320 e. The van der Waals surface area contributed by atoms with E-state index < -0.39 is 0 Å². The molecule has 5 nitrogen and oxygen atoms in total. The van der Waals surface area contributed by atoms with Crippen LogP contribution in [0.15, 0.2) is 54.9 Å². The summed E-state index contributed by atoms with van der Waals surface area (Å²) < 4.78 is 2.03. The van der Waals surface area contributed by atoms with Crippen molar-refractivity contribution in [2.45, 2.75) is 38.1 Å². The molecule has 2 aromatic carbocycles. The Bertz CT molecular complexity index is 1020. The fourth-order valence-electron chi connectivity index (χ4n) is 4.85. The Morgan fingerprint density at radius 3 is 2.64 bits per heavy atom. The molecule has 142 valence electrons. The Hall–Kier alpha value is -2.95. The standard InChI is InChI=1S/C23H24N4O/c1-26-15-24-25-22(26)21(16-7-2-3-8-16)17-10-6-11-19(13-17)27-14-18-9-4-5-12-20(18)23(27)28/h4-6,9-13,15-16,21H,2-3,7-8,14H2,1H3. The van der Waals surface area contributed by atoms with Gasteiger partial charge in [0, 0.05) is 24.2 Å². The molecule has 3 aromatic rings. The number of anilines is 1. The van der Waals surface area contributed by atoms with Crippen molar-refractivity contribution in [3.63, 3.8) is 0 Å². The third-order valence-corrected chi connectivity index (χ3v) is 6.26. The molecule has 0 radical (unpaired) electrons. The first-order valence-electron chi connectivity index (χ1n) is 10.1. The summed E-state index contributed by atoms with van der Waals surface area (Å²) in [6, 6.07) is 16.3. The molecule has 2 heterocycles. The average molecular weight is 372 g/mol. The molecule has 1 aliphatic heterocycles. The fourth-order valence-corrected chi connectivity index (χ4v) is 4.85. The molecule has 1 atom stereocenters. The molecular weight excluding hydrogens is 348 g/mol. The normalized spacial score (nSPS) is 17.9. The van der Waals surface area contributed by atoms with Crippen molar-refractivity contribution in [3.8, 4) is 0 Å². The number of aromatic nitrogens is 3. The van der Waals surface area contributed by atoms with E-state index in [0.29, 0.717) is 12.5 Å². The number of rotatable bonds is 4. The van der Waals surface area contributed by atoms with E-state index in [9.17, 15) is 4.79 Å². The van der Waals surface area contributed by atoms with Gasteiger partial charge in [0.05, 0.1) is 6.54 Å². The number of nitrogens with zero attached hydrogens (tertiary/aromatic N) is 4. The third-order valence-electron chi connectivity index (χ3n) is 6.26. The molecule has 5 heteroatoms. The van der Waals surface area contributed by atoms with Crippen LogP contribution in [0.1, 0.15) is 58.9 Å². The van der Waals surface area contributed by atoms with Crippen molar-refractivity contribution in [1.82, 2.24) is 14.8 Å². The minimum Gasteiger partial charge on any atom is -0.320 e. The van der Waals surface area contributed by atoms with E-state index in [1.54, 1.807) is 6.33 Å². The number of benzene rings is 2. The Labute approximate surface area is 165 Å². The van der Waals surface area contributed by atoms with Gasteiger partial charge in [0.15, 0.2) is 0 Å². The highest BCUT2D eigenvalue weighted by atomic mass is 16.2. The van der Waals surface area contributed by atoms with E-state index in [1.807, 2.05) is 46.8 Å². The molecule has 1 aromatic heterocycles. The highest BCUT2D eigenvalue weighted by molar-refractivity contribution is 6.10. The molecule has 2 aliphatic rings. The summed E-state index contributed by atoms with van der Waals surface area (Å²) in [7, 11) is 2.02. The smallest absolute Gasteiger partial charge is 0.258 e. The maximum Gasteiger partial charge on any atom is 0.258 e. The predicted molar refractivity (Wildman–Crippen MR) is 108 cm³/mol. The van der Waals surface area contributed by atoms with Crippen molar-refractivity contribution >= 4 is 11.6 Å². The number of hydrogen-bond acceptors (Lipinski definition) is 3. The zero-order valence-electron chi connectivity index (χ0n) is 16.1. The van der Waals surface area contributed by atoms with Gasteiger partial charge in [-0.25, -0.2) is 0 Å². The van der Waals surface area contributed by atoms with Crippen LogP contribution in [0.3, 0.4) is 0 Å². The van der Waals surface area contributed by atoms with Gasteiger partial charge in [-0.1, -0.05) is 43.2 Å². The fraction of sp³-hybridized carbons (Fsp3) is 0.348. The van der Waals surface area contributed by atoms with Crippen LogP contribution in [0.2, 0.25) is 0 Å². The second kappa shape index (κ2) is 6.89. The molecule has 1 amide bonds. The minimum atomic E-state index is 0.0869. The van der Waals surface area contributed by atoms with Gasteiger partial charge in [0.25, 0.3) is 5.91 Å². The zero-order chi connectivity index (χ0) is 19.1. The molecule has 1 aliphatic carbocycles. The Morgan fingerprint density at radius 2 is 1.89 bits per heavy atom. The lowest BCUT2D eigenvalue weighted by atomic mass is 9.84. The van der Waals surface area contributed by atoms with Crippen molar-refractivity contribution in [2.75, 3.05) is 4.90 Å². The van der Waals surface area contributed by atoms with Crippen LogP contribution < -0.4 is 4.90 Å². The summed E-state index contributed by atoms with van der Waals surface area (Å²) >= 11 is 0. The van der Waals surface area contributed by atoms with Crippen LogP contribution in [0.25, 0.3) is 0 Å². The van der Waals surface area contributed by atoms with Gasteiger partial charge >= 0.3 is 0 Å². The summed E-state index contributed by atoms with van der Waals surface area (Å²) in [6.07, 6.45) is 6.77. The maximum atomic E-state index is 12.9. The van der Waals surface area contributed by atoms with Gasteiger partial charge < -0.3 is 9.47 Å². The van der Waals surface area contributed by atoms with Crippen molar-refractivity contribution in [2.24, 2.45) is 13.0 Å². The molecule has 1 saturated carbocycles. The molecule has 0 bridgehead atoms. The minimum absolute atomic E-state index is 0.0869. The summed E-state index contributed by atoms with van der Waals surface area (Å²) in [6.45, 7) is 0.635. The van der Waals surface area contributed by atoms with E-state index >= 15 is 0 Å². The number of carbonyl (C=O) groups excluding carboxylic acids is 1. The van der Waals surface area contributed by atoms with Crippen molar-refractivity contribution in [3.05, 3.63) is 77.4 Å². The molecule has 0 spiro atoms. The lowest BCUT2D eigenvalue weighted by molar-refractivity contribution is 0.0996. The van der Waals surface area contributed by atoms with E-state index in [-0.39, 0.29) is 11.8 Å². The Kier molecular flexibility index (Phi) is 4.23. The second-order valence-corrected chi connectivity index (χ2v) is 7.97. The zero-order valence-corrected chi connectivity index (χ0v) is 16.1.